The minimum absolute atomic E-state index is 0.411. The van der Waals surface area contributed by atoms with Crippen LogP contribution in [-0.2, 0) is 0 Å². The third-order valence-corrected chi connectivity index (χ3v) is 1.69. The zero-order valence-corrected chi connectivity index (χ0v) is 6.85. The Bertz CT molecular complexity index is 276. The maximum atomic E-state index is 10.8. The number of hydrogen-bond acceptors (Lipinski definition) is 2. The van der Waals surface area contributed by atoms with Crippen molar-refractivity contribution in [1.82, 2.24) is 0 Å². The van der Waals surface area contributed by atoms with E-state index in [1.165, 1.54) is 0 Å². The number of halogens is 1. The summed E-state index contributed by atoms with van der Waals surface area (Å²) in [6.07, 6.45) is 0. The summed E-state index contributed by atoms with van der Waals surface area (Å²) >= 11 is 5.29. The van der Waals surface area contributed by atoms with Crippen LogP contribution in [-0.4, -0.2) is 5.24 Å². The van der Waals surface area contributed by atoms with Crippen LogP contribution in [0.2, 0.25) is 0 Å². The summed E-state index contributed by atoms with van der Waals surface area (Å²) < 4.78 is 0. The van der Waals surface area contributed by atoms with Crippen LogP contribution in [0.15, 0.2) is 18.2 Å². The van der Waals surface area contributed by atoms with E-state index in [0.717, 1.165) is 5.56 Å². The molecule has 0 radical (unpaired) electrons. The summed E-state index contributed by atoms with van der Waals surface area (Å²) in [6, 6.07) is 5.24. The molecule has 0 atom stereocenters. The first-order chi connectivity index (χ1) is 5.13. The van der Waals surface area contributed by atoms with Crippen molar-refractivity contribution in [1.29, 1.82) is 0 Å². The summed E-state index contributed by atoms with van der Waals surface area (Å²) in [7, 11) is 0. The summed E-state index contributed by atoms with van der Waals surface area (Å²) in [5.41, 5.74) is 7.17. The maximum absolute atomic E-state index is 10.8. The molecule has 0 unspecified atom stereocenters. The van der Waals surface area contributed by atoms with Crippen LogP contribution in [0.1, 0.15) is 15.9 Å². The lowest BCUT2D eigenvalue weighted by molar-refractivity contribution is 0.108. The van der Waals surface area contributed by atoms with Crippen molar-refractivity contribution >= 4 is 22.5 Å². The number of aryl methyl sites for hydroxylation is 1. The molecule has 0 spiro atoms. The number of nitrogen functional groups attached to an aromatic ring is 1. The molecule has 0 aromatic heterocycles. The molecule has 1 rings (SSSR count). The molecule has 0 heterocycles. The van der Waals surface area contributed by atoms with Crippen LogP contribution in [0, 0.1) is 6.92 Å². The number of anilines is 1. The van der Waals surface area contributed by atoms with Gasteiger partial charge in [0.05, 0.1) is 5.56 Å². The molecule has 0 aliphatic carbocycles. The molecule has 2 nitrogen and oxygen atoms in total. The molecule has 11 heavy (non-hydrogen) atoms. The van der Waals surface area contributed by atoms with Gasteiger partial charge in [-0.2, -0.15) is 0 Å². The van der Waals surface area contributed by atoms with Gasteiger partial charge >= 0.3 is 0 Å². The zero-order valence-electron chi connectivity index (χ0n) is 6.10. The van der Waals surface area contributed by atoms with Crippen molar-refractivity contribution in [3.63, 3.8) is 0 Å². The van der Waals surface area contributed by atoms with E-state index in [9.17, 15) is 4.79 Å². The molecule has 0 aliphatic rings. The summed E-state index contributed by atoms with van der Waals surface area (Å²) in [5.74, 6) is 0. The Labute approximate surface area is 70.0 Å². The van der Waals surface area contributed by atoms with E-state index in [2.05, 4.69) is 0 Å². The Hall–Kier alpha value is -1.02. The molecule has 58 valence electrons. The van der Waals surface area contributed by atoms with Crippen molar-refractivity contribution in [2.45, 2.75) is 6.92 Å². The third kappa shape index (κ3) is 1.52. The summed E-state index contributed by atoms with van der Waals surface area (Å²) in [4.78, 5) is 10.8. The Morgan fingerprint density at radius 3 is 2.55 bits per heavy atom. The Morgan fingerprint density at radius 1 is 1.55 bits per heavy atom. The topological polar surface area (TPSA) is 43.1 Å². The molecule has 1 aromatic carbocycles. The number of carbonyl (C=O) groups is 1. The van der Waals surface area contributed by atoms with E-state index < -0.39 is 5.24 Å². The van der Waals surface area contributed by atoms with Crippen molar-refractivity contribution in [2.24, 2.45) is 0 Å². The van der Waals surface area contributed by atoms with Crippen molar-refractivity contribution in [3.05, 3.63) is 29.3 Å². The number of nitrogens with two attached hydrogens (primary N) is 1. The van der Waals surface area contributed by atoms with Gasteiger partial charge in [0.1, 0.15) is 0 Å². The van der Waals surface area contributed by atoms with E-state index in [0.29, 0.717) is 11.3 Å². The lowest BCUT2D eigenvalue weighted by atomic mass is 10.1. The average Bonchev–Trinajstić information content (AvgIpc) is 1.85. The van der Waals surface area contributed by atoms with Gasteiger partial charge in [-0.1, -0.05) is 12.1 Å². The van der Waals surface area contributed by atoms with Crippen LogP contribution < -0.4 is 5.73 Å². The maximum Gasteiger partial charge on any atom is 0.254 e. The van der Waals surface area contributed by atoms with Crippen LogP contribution in [0.4, 0.5) is 5.69 Å². The van der Waals surface area contributed by atoms with Gasteiger partial charge in [0, 0.05) is 5.69 Å². The first-order valence-corrected chi connectivity index (χ1v) is 3.55. The molecular weight excluding hydrogens is 162 g/mol. The molecule has 0 saturated carbocycles. The predicted molar refractivity (Wildman–Crippen MR) is 45.8 cm³/mol. The molecule has 3 heteroatoms. The third-order valence-electron chi connectivity index (χ3n) is 1.50. The highest BCUT2D eigenvalue weighted by Crippen LogP contribution is 2.17. The number of carbonyl (C=O) groups excluding carboxylic acids is 1. The second kappa shape index (κ2) is 2.93. The Balaban J connectivity index is 3.32. The molecule has 2 N–H and O–H groups in total. The first kappa shape index (κ1) is 8.08. The molecule has 0 fully saturated rings. The van der Waals surface area contributed by atoms with Gasteiger partial charge < -0.3 is 5.73 Å². The minimum atomic E-state index is -0.499. The fourth-order valence-corrected chi connectivity index (χ4v) is 1.22. The van der Waals surface area contributed by atoms with Gasteiger partial charge in [-0.3, -0.25) is 4.79 Å². The fraction of sp³-hybridized carbons (Fsp3) is 0.125. The highest BCUT2D eigenvalue weighted by atomic mass is 35.5. The predicted octanol–water partition coefficient (Wildman–Crippen LogP) is 1.96. The second-order valence-corrected chi connectivity index (χ2v) is 2.66. The van der Waals surface area contributed by atoms with Gasteiger partial charge in [-0.25, -0.2) is 0 Å². The van der Waals surface area contributed by atoms with Crippen LogP contribution in [0.25, 0.3) is 0 Å². The number of hydrogen-bond donors (Lipinski definition) is 1. The van der Waals surface area contributed by atoms with Crippen molar-refractivity contribution in [2.75, 3.05) is 5.73 Å². The lowest BCUT2D eigenvalue weighted by Crippen LogP contribution is -1.99. The largest absolute Gasteiger partial charge is 0.398 e. The van der Waals surface area contributed by atoms with Gasteiger partial charge in [0.25, 0.3) is 5.24 Å². The van der Waals surface area contributed by atoms with Crippen LogP contribution in [0.3, 0.4) is 0 Å². The molecule has 0 saturated heterocycles. The normalized spacial score (nSPS) is 9.64. The Morgan fingerprint density at radius 2 is 2.18 bits per heavy atom. The smallest absolute Gasteiger partial charge is 0.254 e. The Kier molecular flexibility index (Phi) is 2.15. The van der Waals surface area contributed by atoms with Crippen LogP contribution >= 0.6 is 11.6 Å². The van der Waals surface area contributed by atoms with Crippen molar-refractivity contribution < 1.29 is 4.79 Å². The fourth-order valence-electron chi connectivity index (χ4n) is 0.959. The minimum Gasteiger partial charge on any atom is -0.398 e. The van der Waals surface area contributed by atoms with Gasteiger partial charge in [-0.05, 0) is 30.2 Å². The first-order valence-electron chi connectivity index (χ1n) is 3.18. The standard InChI is InChI=1S/C8H8ClNO/c1-5-3-2-4-6(10)7(5)8(9)11/h2-4H,10H2,1H3. The molecule has 0 aliphatic heterocycles. The van der Waals surface area contributed by atoms with E-state index in [1.54, 1.807) is 25.1 Å². The van der Waals surface area contributed by atoms with Gasteiger partial charge in [0.15, 0.2) is 0 Å². The highest BCUT2D eigenvalue weighted by Gasteiger charge is 2.08. The lowest BCUT2D eigenvalue weighted by Gasteiger charge is -2.02. The average molecular weight is 170 g/mol. The van der Waals surface area contributed by atoms with Gasteiger partial charge in [0.2, 0.25) is 0 Å². The van der Waals surface area contributed by atoms with Crippen molar-refractivity contribution in [3.8, 4) is 0 Å². The number of benzene rings is 1. The van der Waals surface area contributed by atoms with Crippen LogP contribution in [0.5, 0.6) is 0 Å². The second-order valence-electron chi connectivity index (χ2n) is 2.31. The molecule has 0 bridgehead atoms. The zero-order chi connectivity index (χ0) is 8.43. The summed E-state index contributed by atoms with van der Waals surface area (Å²) in [6.45, 7) is 1.80. The van der Waals surface area contributed by atoms with Gasteiger partial charge in [-0.15, -0.1) is 0 Å². The molecule has 0 amide bonds. The molecular formula is C8H8ClNO. The van der Waals surface area contributed by atoms with E-state index >= 15 is 0 Å². The highest BCUT2D eigenvalue weighted by molar-refractivity contribution is 6.68. The molecule has 1 aromatic rings. The van der Waals surface area contributed by atoms with E-state index in [4.69, 9.17) is 17.3 Å². The number of rotatable bonds is 1. The quantitative estimate of drug-likeness (QED) is 0.516. The SMILES string of the molecule is Cc1cccc(N)c1C(=O)Cl. The van der Waals surface area contributed by atoms with E-state index in [-0.39, 0.29) is 0 Å². The summed E-state index contributed by atoms with van der Waals surface area (Å²) in [5, 5.41) is -0.499. The van der Waals surface area contributed by atoms with E-state index in [1.807, 2.05) is 0 Å². The monoisotopic (exact) mass is 169 g/mol.